The third kappa shape index (κ3) is 3.61. The van der Waals surface area contributed by atoms with Crippen molar-refractivity contribution in [2.45, 2.75) is 13.1 Å². The Hall–Kier alpha value is -2.42. The Kier molecular flexibility index (Phi) is 4.45. The van der Waals surface area contributed by atoms with Crippen LogP contribution in [-0.4, -0.2) is 29.8 Å². The van der Waals surface area contributed by atoms with Crippen molar-refractivity contribution in [3.05, 3.63) is 29.7 Å². The van der Waals surface area contributed by atoms with Gasteiger partial charge in [-0.3, -0.25) is 4.79 Å². The lowest BCUT2D eigenvalue weighted by Crippen LogP contribution is -2.17. The van der Waals surface area contributed by atoms with E-state index in [0.29, 0.717) is 16.8 Å². The van der Waals surface area contributed by atoms with Crippen LogP contribution in [0, 0.1) is 6.92 Å². The summed E-state index contributed by atoms with van der Waals surface area (Å²) in [5.74, 6) is -1.92. The van der Waals surface area contributed by atoms with Gasteiger partial charge >= 0.3 is 12.1 Å². The number of aryl methyl sites for hydroxylation is 1. The molecule has 2 rings (SSSR count). The Morgan fingerprint density at radius 1 is 1.41 bits per heavy atom. The molecule has 0 fully saturated rings. The molecule has 1 aromatic carbocycles. The van der Waals surface area contributed by atoms with Gasteiger partial charge in [-0.2, -0.15) is 18.2 Å². The molecule has 0 aliphatic rings. The van der Waals surface area contributed by atoms with Crippen molar-refractivity contribution in [3.63, 3.8) is 0 Å². The highest BCUT2D eigenvalue weighted by Gasteiger charge is 2.38. The number of aromatic nitrogens is 2. The molecular formula is C13H12F3N3O3. The molecule has 0 unspecified atom stereocenters. The molecule has 0 aliphatic carbocycles. The quantitative estimate of drug-likeness (QED) is 0.938. The van der Waals surface area contributed by atoms with E-state index in [2.05, 4.69) is 20.0 Å². The first-order valence-electron chi connectivity index (χ1n) is 6.12. The number of carbonyl (C=O) groups is 1. The van der Waals surface area contributed by atoms with Gasteiger partial charge in [0.2, 0.25) is 11.7 Å². The van der Waals surface area contributed by atoms with Crippen molar-refractivity contribution < 1.29 is 27.2 Å². The van der Waals surface area contributed by atoms with E-state index in [0.717, 1.165) is 0 Å². The smallest absolute Gasteiger partial charge is 0.375 e. The normalized spacial score (nSPS) is 11.5. The number of nitrogens with one attached hydrogen (secondary N) is 1. The van der Waals surface area contributed by atoms with Crippen molar-refractivity contribution in [2.75, 3.05) is 19.0 Å². The highest BCUT2D eigenvalue weighted by molar-refractivity contribution is 5.92. The van der Waals surface area contributed by atoms with E-state index in [9.17, 15) is 18.0 Å². The lowest BCUT2D eigenvalue weighted by Gasteiger charge is -2.08. The molecule has 6 nitrogen and oxygen atoms in total. The van der Waals surface area contributed by atoms with Crippen LogP contribution in [0.15, 0.2) is 22.7 Å². The Labute approximate surface area is 123 Å². The number of carbonyl (C=O) groups excluding carboxylic acids is 1. The number of alkyl halides is 3. The van der Waals surface area contributed by atoms with Crippen LogP contribution in [0.1, 0.15) is 11.5 Å². The Bertz CT molecular complexity index is 683. The average Bonchev–Trinajstić information content (AvgIpc) is 2.91. The van der Waals surface area contributed by atoms with Gasteiger partial charge in [0.15, 0.2) is 0 Å². The van der Waals surface area contributed by atoms with Crippen LogP contribution in [0.25, 0.3) is 11.4 Å². The fourth-order valence-corrected chi connectivity index (χ4v) is 1.72. The molecule has 0 bridgehead atoms. The fourth-order valence-electron chi connectivity index (χ4n) is 1.72. The minimum atomic E-state index is -4.69. The Morgan fingerprint density at radius 2 is 2.14 bits per heavy atom. The Morgan fingerprint density at radius 3 is 2.68 bits per heavy atom. The number of hydrogen-bond acceptors (Lipinski definition) is 5. The van der Waals surface area contributed by atoms with Crippen LogP contribution in [-0.2, 0) is 15.7 Å². The number of anilines is 1. The second-order valence-corrected chi connectivity index (χ2v) is 4.43. The summed E-state index contributed by atoms with van der Waals surface area (Å²) in [5.41, 5.74) is 1.51. The lowest BCUT2D eigenvalue weighted by atomic mass is 10.1. The molecule has 2 aromatic rings. The van der Waals surface area contributed by atoms with Crippen LogP contribution < -0.4 is 5.32 Å². The molecule has 1 heterocycles. The van der Waals surface area contributed by atoms with E-state index in [1.807, 2.05) is 0 Å². The van der Waals surface area contributed by atoms with Crippen molar-refractivity contribution in [1.82, 2.24) is 10.1 Å². The summed E-state index contributed by atoms with van der Waals surface area (Å²) in [6.45, 7) is 1.59. The molecule has 0 atom stereocenters. The molecule has 1 aromatic heterocycles. The van der Waals surface area contributed by atoms with Gasteiger partial charge in [-0.25, -0.2) is 0 Å². The molecular weight excluding hydrogens is 303 g/mol. The van der Waals surface area contributed by atoms with Crippen LogP contribution in [0.2, 0.25) is 0 Å². The standard InChI is InChI=1S/C13H12F3N3O3/c1-7-5-8(3-4-9(7)17-10(20)6-21-2)11-18-12(22-19-11)13(14,15)16/h3-5H,6H2,1-2H3,(H,17,20). The molecule has 9 heteroatoms. The van der Waals surface area contributed by atoms with Gasteiger partial charge in [0.25, 0.3) is 0 Å². The van der Waals surface area contributed by atoms with Crippen LogP contribution in [0.5, 0.6) is 0 Å². The summed E-state index contributed by atoms with van der Waals surface area (Å²) < 4.78 is 46.1. The zero-order valence-electron chi connectivity index (χ0n) is 11.7. The Balaban J connectivity index is 2.22. The summed E-state index contributed by atoms with van der Waals surface area (Å²) in [5, 5.41) is 5.91. The third-order valence-electron chi connectivity index (χ3n) is 2.70. The largest absolute Gasteiger partial charge is 0.471 e. The van der Waals surface area contributed by atoms with Gasteiger partial charge < -0.3 is 14.6 Å². The van der Waals surface area contributed by atoms with Crippen LogP contribution in [0.3, 0.4) is 0 Å². The molecule has 1 amide bonds. The van der Waals surface area contributed by atoms with Crippen molar-refractivity contribution in [1.29, 1.82) is 0 Å². The summed E-state index contributed by atoms with van der Waals surface area (Å²) >= 11 is 0. The average molecular weight is 315 g/mol. The van der Waals surface area contributed by atoms with E-state index in [4.69, 9.17) is 4.74 Å². The third-order valence-corrected chi connectivity index (χ3v) is 2.70. The molecule has 0 radical (unpaired) electrons. The molecule has 118 valence electrons. The summed E-state index contributed by atoms with van der Waals surface area (Å²) in [6, 6.07) is 4.58. The predicted octanol–water partition coefficient (Wildman–Crippen LogP) is 2.65. The zero-order chi connectivity index (χ0) is 16.3. The first-order chi connectivity index (χ1) is 10.3. The molecule has 1 N–H and O–H groups in total. The number of benzene rings is 1. The zero-order valence-corrected chi connectivity index (χ0v) is 11.7. The fraction of sp³-hybridized carbons (Fsp3) is 0.308. The van der Waals surface area contributed by atoms with Crippen LogP contribution >= 0.6 is 0 Å². The van der Waals surface area contributed by atoms with E-state index in [-0.39, 0.29) is 18.3 Å². The molecule has 0 saturated carbocycles. The molecule has 0 aliphatic heterocycles. The highest BCUT2D eigenvalue weighted by atomic mass is 19.4. The number of methoxy groups -OCH3 is 1. The number of rotatable bonds is 4. The topological polar surface area (TPSA) is 77.2 Å². The summed E-state index contributed by atoms with van der Waals surface area (Å²) in [4.78, 5) is 14.7. The number of amides is 1. The maximum atomic E-state index is 12.4. The summed E-state index contributed by atoms with van der Waals surface area (Å²) in [7, 11) is 1.39. The van der Waals surface area contributed by atoms with Gasteiger partial charge in [0.05, 0.1) is 0 Å². The second kappa shape index (κ2) is 6.14. The van der Waals surface area contributed by atoms with E-state index >= 15 is 0 Å². The first-order valence-corrected chi connectivity index (χ1v) is 6.12. The number of nitrogens with zero attached hydrogens (tertiary/aromatic N) is 2. The van der Waals surface area contributed by atoms with Gasteiger partial charge in [-0.1, -0.05) is 5.16 Å². The maximum Gasteiger partial charge on any atom is 0.471 e. The molecule has 22 heavy (non-hydrogen) atoms. The van der Waals surface area contributed by atoms with Crippen LogP contribution in [0.4, 0.5) is 18.9 Å². The van der Waals surface area contributed by atoms with E-state index < -0.39 is 12.1 Å². The van der Waals surface area contributed by atoms with E-state index in [1.54, 1.807) is 19.1 Å². The summed E-state index contributed by atoms with van der Waals surface area (Å²) in [6.07, 6.45) is -4.69. The van der Waals surface area contributed by atoms with Gasteiger partial charge in [0.1, 0.15) is 6.61 Å². The van der Waals surface area contributed by atoms with Gasteiger partial charge in [0, 0.05) is 18.4 Å². The maximum absolute atomic E-state index is 12.4. The van der Waals surface area contributed by atoms with E-state index in [1.165, 1.54) is 13.2 Å². The minimum Gasteiger partial charge on any atom is -0.375 e. The van der Waals surface area contributed by atoms with Crippen molar-refractivity contribution in [2.24, 2.45) is 0 Å². The predicted molar refractivity (Wildman–Crippen MR) is 70.0 cm³/mol. The molecule has 0 saturated heterocycles. The SMILES string of the molecule is COCC(=O)Nc1ccc(-c2noc(C(F)(F)F)n2)cc1C. The number of ether oxygens (including phenoxy) is 1. The number of halogens is 3. The highest BCUT2D eigenvalue weighted by Crippen LogP contribution is 2.30. The second-order valence-electron chi connectivity index (χ2n) is 4.43. The van der Waals surface area contributed by atoms with Crippen molar-refractivity contribution >= 4 is 11.6 Å². The number of hydrogen-bond donors (Lipinski definition) is 1. The monoisotopic (exact) mass is 315 g/mol. The van der Waals surface area contributed by atoms with Gasteiger partial charge in [-0.05, 0) is 30.7 Å². The molecule has 0 spiro atoms. The minimum absolute atomic E-state index is 0.0963. The van der Waals surface area contributed by atoms with Gasteiger partial charge in [-0.15, -0.1) is 0 Å². The van der Waals surface area contributed by atoms with Crippen molar-refractivity contribution in [3.8, 4) is 11.4 Å². The lowest BCUT2D eigenvalue weighted by molar-refractivity contribution is -0.159. The first kappa shape index (κ1) is 16.0.